The number of ether oxygens (including phenoxy) is 1. The fourth-order valence-electron chi connectivity index (χ4n) is 3.88. The van der Waals surface area contributed by atoms with Gasteiger partial charge in [0.15, 0.2) is 0 Å². The monoisotopic (exact) mass is 411 g/mol. The first-order chi connectivity index (χ1) is 14.2. The van der Waals surface area contributed by atoms with Crippen LogP contribution in [0.1, 0.15) is 57.1 Å². The van der Waals surface area contributed by atoms with E-state index in [-0.39, 0.29) is 0 Å². The highest BCUT2D eigenvalue weighted by molar-refractivity contribution is 7.27. The molecule has 0 radical (unpaired) electrons. The predicted octanol–water partition coefficient (Wildman–Crippen LogP) is 5.92. The Bertz CT molecular complexity index is 739. The van der Waals surface area contributed by atoms with Crippen molar-refractivity contribution in [2.45, 2.75) is 46.0 Å². The van der Waals surface area contributed by atoms with Crippen molar-refractivity contribution in [2.75, 3.05) is 26.8 Å². The summed E-state index contributed by atoms with van der Waals surface area (Å²) in [4.78, 5) is 0. The van der Waals surface area contributed by atoms with Crippen molar-refractivity contribution in [1.29, 1.82) is 0 Å². The lowest BCUT2D eigenvalue weighted by molar-refractivity contribution is 0.196. The zero-order chi connectivity index (χ0) is 20.9. The van der Waals surface area contributed by atoms with Crippen LogP contribution in [0.15, 0.2) is 54.2 Å². The number of unbranched alkanes of at least 4 members (excludes halogenated alkanes) is 1. The summed E-state index contributed by atoms with van der Waals surface area (Å²) < 4.78 is 5.25. The van der Waals surface area contributed by atoms with Gasteiger partial charge in [-0.3, -0.25) is 0 Å². The van der Waals surface area contributed by atoms with Crippen LogP contribution >= 0.6 is 9.24 Å². The van der Waals surface area contributed by atoms with Gasteiger partial charge in [-0.25, -0.2) is 0 Å². The van der Waals surface area contributed by atoms with E-state index in [1.54, 1.807) is 7.11 Å². The van der Waals surface area contributed by atoms with Gasteiger partial charge >= 0.3 is 0 Å². The van der Waals surface area contributed by atoms with E-state index in [1.165, 1.54) is 40.4 Å². The molecule has 1 aromatic carbocycles. The van der Waals surface area contributed by atoms with Crippen LogP contribution in [0.4, 0.5) is 0 Å². The van der Waals surface area contributed by atoms with Gasteiger partial charge in [-0.05, 0) is 80.0 Å². The van der Waals surface area contributed by atoms with Crippen LogP contribution in [0.3, 0.4) is 0 Å². The summed E-state index contributed by atoms with van der Waals surface area (Å²) in [7, 11) is 4.70. The maximum atomic E-state index is 5.25. The molecule has 0 amide bonds. The molecule has 0 aromatic heterocycles. The molecule has 1 atom stereocenters. The third kappa shape index (κ3) is 7.70. The molecular weight excluding hydrogens is 373 g/mol. The number of hydrogen-bond donors (Lipinski definition) is 1. The van der Waals surface area contributed by atoms with Crippen LogP contribution in [-0.4, -0.2) is 26.8 Å². The fraction of sp³-hybridized carbons (Fsp3) is 0.462. The van der Waals surface area contributed by atoms with Gasteiger partial charge in [-0.2, -0.15) is 0 Å². The van der Waals surface area contributed by atoms with E-state index >= 15 is 0 Å². The smallest absolute Gasteiger partial charge is 0.0465 e. The molecule has 29 heavy (non-hydrogen) atoms. The Morgan fingerprint density at radius 2 is 2.03 bits per heavy atom. The summed E-state index contributed by atoms with van der Waals surface area (Å²) in [5, 5.41) is 4.76. The van der Waals surface area contributed by atoms with Crippen molar-refractivity contribution in [2.24, 2.45) is 5.92 Å². The summed E-state index contributed by atoms with van der Waals surface area (Å²) in [5.41, 5.74) is 5.58. The van der Waals surface area contributed by atoms with E-state index in [0.717, 1.165) is 39.0 Å². The molecule has 0 saturated carbocycles. The Morgan fingerprint density at radius 3 is 2.72 bits per heavy atom. The molecule has 1 fully saturated rings. The molecule has 1 aliphatic rings. The molecule has 0 spiro atoms. The van der Waals surface area contributed by atoms with Gasteiger partial charge in [-0.15, -0.1) is 9.24 Å². The quantitative estimate of drug-likeness (QED) is 0.293. The zero-order valence-corrected chi connectivity index (χ0v) is 19.6. The van der Waals surface area contributed by atoms with Crippen molar-refractivity contribution in [3.8, 4) is 0 Å². The maximum absolute atomic E-state index is 5.25. The molecule has 158 valence electrons. The topological polar surface area (TPSA) is 21.3 Å². The molecule has 1 saturated heterocycles. The van der Waals surface area contributed by atoms with E-state index < -0.39 is 0 Å². The normalized spacial score (nSPS) is 17.0. The van der Waals surface area contributed by atoms with Gasteiger partial charge in [0.05, 0.1) is 0 Å². The van der Waals surface area contributed by atoms with E-state index in [9.17, 15) is 0 Å². The lowest BCUT2D eigenvalue weighted by atomic mass is 9.83. The highest BCUT2D eigenvalue weighted by Gasteiger charge is 2.20. The molecular formula is C26H38NOP. The Morgan fingerprint density at radius 1 is 1.24 bits per heavy atom. The molecule has 2 nitrogen and oxygen atoms in total. The second-order valence-corrected chi connectivity index (χ2v) is 8.18. The minimum Gasteiger partial charge on any atom is -0.385 e. The zero-order valence-electron chi connectivity index (χ0n) is 18.4. The Kier molecular flexibility index (Phi) is 11.2. The standard InChI is InChI=1S/C26H38NOP/c1-4-21(5-2)11-6-7-13-25-24(14-10-15-26(25)29)23(12-8-9-20-28-3)22-16-18-27-19-17-22/h4,6-7,10-15,22,27H,5,8-9,16-20,29H2,1-3H3/b11-6-,13-7+,21-4-,23-12-. The average molecular weight is 412 g/mol. The van der Waals surface area contributed by atoms with Crippen LogP contribution in [0.5, 0.6) is 0 Å². The summed E-state index contributed by atoms with van der Waals surface area (Å²) in [6.45, 7) is 7.33. The van der Waals surface area contributed by atoms with Crippen LogP contribution in [-0.2, 0) is 4.74 Å². The molecule has 1 unspecified atom stereocenters. The number of nitrogens with one attached hydrogen (secondary N) is 1. The second kappa shape index (κ2) is 13.7. The van der Waals surface area contributed by atoms with Crippen molar-refractivity contribution >= 4 is 26.2 Å². The van der Waals surface area contributed by atoms with Gasteiger partial charge in [0, 0.05) is 13.7 Å². The molecule has 1 aromatic rings. The maximum Gasteiger partial charge on any atom is 0.0465 e. The summed E-state index contributed by atoms with van der Waals surface area (Å²) >= 11 is 0. The molecule has 0 aliphatic carbocycles. The summed E-state index contributed by atoms with van der Waals surface area (Å²) in [6.07, 6.45) is 19.1. The molecule has 3 heteroatoms. The number of benzene rings is 1. The predicted molar refractivity (Wildman–Crippen MR) is 133 cm³/mol. The first-order valence-electron chi connectivity index (χ1n) is 11.0. The minimum absolute atomic E-state index is 0.628. The number of methoxy groups -OCH3 is 1. The van der Waals surface area contributed by atoms with Crippen LogP contribution in [0.25, 0.3) is 11.6 Å². The number of piperidine rings is 1. The van der Waals surface area contributed by atoms with E-state index in [2.05, 4.69) is 83.1 Å². The molecule has 1 N–H and O–H groups in total. The first kappa shape index (κ1) is 23.8. The summed E-state index contributed by atoms with van der Waals surface area (Å²) in [6, 6.07) is 6.67. The SMILES string of the molecule is C\C=C(/C=C\C=C\c1c(P)cccc1/C(=C\CCCOC)C1CCNCC1)CC. The molecule has 1 heterocycles. The van der Waals surface area contributed by atoms with Gasteiger partial charge < -0.3 is 10.1 Å². The highest BCUT2D eigenvalue weighted by Crippen LogP contribution is 2.33. The van der Waals surface area contributed by atoms with Gasteiger partial charge in [-0.1, -0.05) is 67.2 Å². The Labute approximate surface area is 180 Å². The molecule has 0 bridgehead atoms. The van der Waals surface area contributed by atoms with Gasteiger partial charge in [0.2, 0.25) is 0 Å². The fourth-order valence-corrected chi connectivity index (χ4v) is 4.25. The Hall–Kier alpha value is -1.47. The largest absolute Gasteiger partial charge is 0.385 e. The van der Waals surface area contributed by atoms with E-state index in [0.29, 0.717) is 5.92 Å². The Balaban J connectivity index is 2.33. The first-order valence-corrected chi connectivity index (χ1v) is 11.6. The van der Waals surface area contributed by atoms with Crippen LogP contribution in [0, 0.1) is 5.92 Å². The van der Waals surface area contributed by atoms with Crippen LogP contribution in [0.2, 0.25) is 0 Å². The molecule has 2 rings (SSSR count). The second-order valence-electron chi connectivity index (χ2n) is 7.56. The summed E-state index contributed by atoms with van der Waals surface area (Å²) in [5.74, 6) is 0.628. The van der Waals surface area contributed by atoms with Gasteiger partial charge in [0.25, 0.3) is 0 Å². The number of rotatable bonds is 10. The minimum atomic E-state index is 0.628. The van der Waals surface area contributed by atoms with Gasteiger partial charge in [0.1, 0.15) is 0 Å². The van der Waals surface area contributed by atoms with Crippen molar-refractivity contribution in [3.63, 3.8) is 0 Å². The van der Waals surface area contributed by atoms with E-state index in [1.807, 2.05) is 0 Å². The lowest BCUT2D eigenvalue weighted by Gasteiger charge is -2.27. The highest BCUT2D eigenvalue weighted by atomic mass is 31.0. The molecule has 1 aliphatic heterocycles. The lowest BCUT2D eigenvalue weighted by Crippen LogP contribution is -2.28. The number of hydrogen-bond acceptors (Lipinski definition) is 2. The number of allylic oxidation sites excluding steroid dienone is 7. The third-order valence-electron chi connectivity index (χ3n) is 5.61. The van der Waals surface area contributed by atoms with Crippen molar-refractivity contribution in [3.05, 3.63) is 65.3 Å². The van der Waals surface area contributed by atoms with Crippen molar-refractivity contribution in [1.82, 2.24) is 5.32 Å². The van der Waals surface area contributed by atoms with E-state index in [4.69, 9.17) is 4.74 Å². The van der Waals surface area contributed by atoms with Crippen LogP contribution < -0.4 is 10.6 Å². The third-order valence-corrected chi connectivity index (χ3v) is 6.11. The van der Waals surface area contributed by atoms with Crippen molar-refractivity contribution < 1.29 is 4.74 Å². The average Bonchev–Trinajstić information content (AvgIpc) is 2.75.